The quantitative estimate of drug-likeness (QED) is 0.205. The lowest BCUT2D eigenvalue weighted by Gasteiger charge is -2.39. The van der Waals surface area contributed by atoms with Crippen molar-refractivity contribution in [1.82, 2.24) is 19.5 Å². The van der Waals surface area contributed by atoms with Crippen LogP contribution in [0.1, 0.15) is 66.5 Å². The van der Waals surface area contributed by atoms with Crippen molar-refractivity contribution in [2.24, 2.45) is 5.92 Å². The second-order valence-electron chi connectivity index (χ2n) is 12.6. The fourth-order valence-electron chi connectivity index (χ4n) is 4.92. The van der Waals surface area contributed by atoms with Crippen LogP contribution < -0.4 is 5.56 Å². The molecule has 13 heteroatoms. The molecule has 1 saturated carbocycles. The van der Waals surface area contributed by atoms with Crippen molar-refractivity contribution < 1.29 is 18.8 Å². The smallest absolute Gasteiger partial charge is 0.411 e. The molecule has 2 aromatic heterocycles. The number of imidazole rings is 1. The normalized spacial score (nSPS) is 30.6. The average molecular weight is 614 g/mol. The van der Waals surface area contributed by atoms with E-state index in [0.29, 0.717) is 31.0 Å². The van der Waals surface area contributed by atoms with E-state index in [1.807, 2.05) is 6.92 Å². The first-order valence-electron chi connectivity index (χ1n) is 13.5. The Bertz CT molecular complexity index is 1280. The minimum Gasteiger partial charge on any atom is -0.411 e. The van der Waals surface area contributed by atoms with Crippen molar-refractivity contribution >= 4 is 48.8 Å². The molecule has 1 aliphatic heterocycles. The third kappa shape index (κ3) is 6.75. The third-order valence-electron chi connectivity index (χ3n) is 8.63. The third-order valence-corrected chi connectivity index (χ3v) is 17.5. The molecule has 0 amide bonds. The summed E-state index contributed by atoms with van der Waals surface area (Å²) in [7, 11) is -2.11. The lowest BCUT2D eigenvalue weighted by atomic mass is 9.77. The predicted octanol–water partition coefficient (Wildman–Crippen LogP) is 5.82. The van der Waals surface area contributed by atoms with E-state index in [-0.39, 0.29) is 33.1 Å². The highest BCUT2D eigenvalue weighted by molar-refractivity contribution is 8.63. The molecule has 0 aromatic carbocycles. The number of aromatic nitrogens is 4. The van der Waals surface area contributed by atoms with Crippen molar-refractivity contribution in [2.45, 2.75) is 108 Å². The number of aromatic amines is 1. The first-order chi connectivity index (χ1) is 18.1. The van der Waals surface area contributed by atoms with Crippen LogP contribution in [0.25, 0.3) is 11.2 Å². The first-order valence-corrected chi connectivity index (χ1v) is 20.1. The average Bonchev–Trinajstić information content (AvgIpc) is 3.43. The Hall–Kier alpha value is -0.983. The molecular weight excluding hydrogens is 572 g/mol. The molecule has 0 bridgehead atoms. The summed E-state index contributed by atoms with van der Waals surface area (Å²) < 4.78 is 21.0. The number of aliphatic hydroxyl groups is 1. The van der Waals surface area contributed by atoms with Gasteiger partial charge in [-0.1, -0.05) is 32.9 Å². The van der Waals surface area contributed by atoms with Crippen molar-refractivity contribution in [3.8, 4) is 0 Å². The maximum Gasteiger partial charge on any atom is 0.415 e. The summed E-state index contributed by atoms with van der Waals surface area (Å²) in [5.41, 5.74) is 1.60. The van der Waals surface area contributed by atoms with Gasteiger partial charge in [0.1, 0.15) is 30.3 Å². The van der Waals surface area contributed by atoms with Crippen LogP contribution in [-0.4, -0.2) is 62.6 Å². The first kappa shape index (κ1) is 31.0. The molecule has 2 fully saturated rings. The molecule has 2 aromatic rings. The lowest BCUT2D eigenvalue weighted by molar-refractivity contribution is -0.0334. The summed E-state index contributed by atoms with van der Waals surface area (Å²) in [6.07, 6.45) is 3.48. The summed E-state index contributed by atoms with van der Waals surface area (Å²) in [5.74, 6) is 0.354. The highest BCUT2D eigenvalue weighted by Gasteiger charge is 2.48. The topological polar surface area (TPSA) is 111 Å². The number of rotatable bonds is 9. The van der Waals surface area contributed by atoms with Gasteiger partial charge in [0, 0.05) is 6.42 Å². The number of hydrogen-bond donors (Lipinski definition) is 2. The van der Waals surface area contributed by atoms with E-state index < -0.39 is 26.8 Å². The largest absolute Gasteiger partial charge is 0.415 e. The molecule has 216 valence electrons. The van der Waals surface area contributed by atoms with E-state index in [2.05, 4.69) is 62.3 Å². The summed E-state index contributed by atoms with van der Waals surface area (Å²) in [5, 5.41) is 11.0. The SMILES string of the molecule is C=C(C)[C@@H]1CC[C@](C)(S[P+](=S)OC[C@H]2O[C@@H](n3cnc4c(=O)[nH]cnc43)CC2O[Si](C)(C)C(C)(C)C)[C@@H](O)C1. The van der Waals surface area contributed by atoms with Crippen molar-refractivity contribution in [3.63, 3.8) is 0 Å². The number of allylic oxidation sites excluding steroid dienone is 1. The second kappa shape index (κ2) is 11.7. The molecule has 2 unspecified atom stereocenters. The van der Waals surface area contributed by atoms with Crippen molar-refractivity contribution in [1.29, 1.82) is 0 Å². The maximum absolute atomic E-state index is 12.2. The van der Waals surface area contributed by atoms with Crippen molar-refractivity contribution in [3.05, 3.63) is 35.2 Å². The zero-order valence-electron chi connectivity index (χ0n) is 24.0. The van der Waals surface area contributed by atoms with Gasteiger partial charge in [-0.15, -0.1) is 0 Å². The Morgan fingerprint density at radius 3 is 2.77 bits per heavy atom. The molecule has 4 rings (SSSR count). The van der Waals surface area contributed by atoms with Gasteiger partial charge >= 0.3 is 6.13 Å². The minimum absolute atomic E-state index is 0.0287. The van der Waals surface area contributed by atoms with Gasteiger partial charge in [0.25, 0.3) is 5.56 Å². The molecule has 3 heterocycles. The van der Waals surface area contributed by atoms with Gasteiger partial charge in [-0.3, -0.25) is 9.36 Å². The van der Waals surface area contributed by atoms with E-state index >= 15 is 0 Å². The molecule has 1 saturated heterocycles. The fourth-order valence-corrected chi connectivity index (χ4v) is 11.1. The van der Waals surface area contributed by atoms with E-state index in [4.69, 9.17) is 25.5 Å². The van der Waals surface area contributed by atoms with E-state index in [9.17, 15) is 9.90 Å². The summed E-state index contributed by atoms with van der Waals surface area (Å²) in [4.78, 5) is 23.4. The molecule has 2 N–H and O–H groups in total. The highest BCUT2D eigenvalue weighted by Crippen LogP contribution is 2.55. The van der Waals surface area contributed by atoms with E-state index in [0.717, 1.165) is 18.4 Å². The summed E-state index contributed by atoms with van der Waals surface area (Å²) >= 11 is 7.35. The number of fused-ring (bicyclic) bond motifs is 1. The molecule has 2 aliphatic rings. The highest BCUT2D eigenvalue weighted by atomic mass is 32.9. The van der Waals surface area contributed by atoms with Crippen LogP contribution in [0.4, 0.5) is 0 Å². The van der Waals surface area contributed by atoms with Gasteiger partial charge < -0.3 is 19.3 Å². The zero-order chi connectivity index (χ0) is 28.8. The Balaban J connectivity index is 1.47. The van der Waals surface area contributed by atoms with Gasteiger partial charge in [0.15, 0.2) is 19.5 Å². The fraction of sp³-hybridized carbons (Fsp3) is 0.731. The molecule has 0 spiro atoms. The van der Waals surface area contributed by atoms with Gasteiger partial charge in [0.2, 0.25) is 11.8 Å². The van der Waals surface area contributed by atoms with Crippen LogP contribution in [0.15, 0.2) is 29.6 Å². The Morgan fingerprint density at radius 2 is 2.13 bits per heavy atom. The molecule has 39 heavy (non-hydrogen) atoms. The standard InChI is InChI=1S/C26H41N4O5PS2Si/c1-16(2)17-9-10-26(6,20(31)11-17)38-36(37)33-13-19-18(35-39(7,8)25(3,4)5)12-21(34-19)30-15-29-22-23(30)27-14-28-24(22)32/h14-15,17-21,31H,1,9-13H2,2-8H3/p+1/t17-,18?,19-,20+,21-,26+/m1/s1. The molecule has 1 aliphatic carbocycles. The number of nitrogens with zero attached hydrogens (tertiary/aromatic N) is 3. The molecule has 0 radical (unpaired) electrons. The Kier molecular flexibility index (Phi) is 9.30. The van der Waals surface area contributed by atoms with Gasteiger partial charge in [-0.2, -0.15) is 4.52 Å². The molecule has 7 atom stereocenters. The lowest BCUT2D eigenvalue weighted by Crippen LogP contribution is -2.46. The molecule has 9 nitrogen and oxygen atoms in total. The van der Waals surface area contributed by atoms with Crippen LogP contribution in [0, 0.1) is 5.92 Å². The van der Waals surface area contributed by atoms with Crippen LogP contribution in [-0.2, 0) is 25.5 Å². The Morgan fingerprint density at radius 1 is 1.41 bits per heavy atom. The van der Waals surface area contributed by atoms with Crippen LogP contribution in [0.2, 0.25) is 18.1 Å². The van der Waals surface area contributed by atoms with Crippen LogP contribution in [0.3, 0.4) is 0 Å². The van der Waals surface area contributed by atoms with E-state index in [1.165, 1.54) is 6.33 Å². The van der Waals surface area contributed by atoms with Crippen LogP contribution in [0.5, 0.6) is 0 Å². The van der Waals surface area contributed by atoms with Gasteiger partial charge in [0.05, 0.1) is 29.6 Å². The Labute approximate surface area is 241 Å². The summed E-state index contributed by atoms with van der Waals surface area (Å²) in [6.45, 7) is 19.6. The zero-order valence-corrected chi connectivity index (χ0v) is 27.5. The number of H-pyrrole nitrogens is 1. The molecular formula is C26H42N4O5PS2Si+. The maximum atomic E-state index is 12.2. The number of nitrogens with one attached hydrogen (secondary N) is 1. The van der Waals surface area contributed by atoms with Gasteiger partial charge in [-0.05, 0) is 57.2 Å². The van der Waals surface area contributed by atoms with E-state index in [1.54, 1.807) is 22.3 Å². The van der Waals surface area contributed by atoms with Crippen LogP contribution >= 0.6 is 17.5 Å². The minimum atomic E-state index is -2.11. The predicted molar refractivity (Wildman–Crippen MR) is 163 cm³/mol. The monoisotopic (exact) mass is 613 g/mol. The van der Waals surface area contributed by atoms with Gasteiger partial charge in [-0.25, -0.2) is 9.97 Å². The number of hydrogen-bond acceptors (Lipinski definition) is 9. The number of aliphatic hydroxyl groups excluding tert-OH is 1. The summed E-state index contributed by atoms with van der Waals surface area (Å²) in [6, 6.07) is 0. The number of ether oxygens (including phenoxy) is 1. The second-order valence-corrected chi connectivity index (χ2v) is 22.4. The van der Waals surface area contributed by atoms with Crippen molar-refractivity contribution in [2.75, 3.05) is 6.61 Å².